The van der Waals surface area contributed by atoms with Crippen LogP contribution in [0.4, 0.5) is 11.4 Å². The van der Waals surface area contributed by atoms with Gasteiger partial charge in [0, 0.05) is 17.8 Å². The first kappa shape index (κ1) is 21.0. The van der Waals surface area contributed by atoms with Gasteiger partial charge in [0.2, 0.25) is 0 Å². The summed E-state index contributed by atoms with van der Waals surface area (Å²) in [6.07, 6.45) is 0.113. The Morgan fingerprint density at radius 1 is 1.14 bits per heavy atom. The molecule has 0 aliphatic rings. The van der Waals surface area contributed by atoms with E-state index in [0.29, 0.717) is 23.4 Å². The number of nitro benzene ring substituents is 1. The van der Waals surface area contributed by atoms with Crippen LogP contribution in [0, 0.1) is 17.0 Å². The van der Waals surface area contributed by atoms with Crippen LogP contribution < -0.4 is 5.32 Å². The zero-order valence-corrected chi connectivity index (χ0v) is 15.9. The molecule has 28 heavy (non-hydrogen) atoms. The van der Waals surface area contributed by atoms with Crippen LogP contribution in [0.25, 0.3) is 0 Å². The Morgan fingerprint density at radius 2 is 1.82 bits per heavy atom. The number of amides is 1. The van der Waals surface area contributed by atoms with Crippen molar-refractivity contribution in [1.82, 2.24) is 0 Å². The quantitative estimate of drug-likeness (QED) is 0.422. The number of aryl methyl sites for hydroxylation is 1. The van der Waals surface area contributed by atoms with Crippen molar-refractivity contribution in [2.24, 2.45) is 0 Å². The molecule has 2 rings (SSSR count). The van der Waals surface area contributed by atoms with Crippen molar-refractivity contribution >= 4 is 23.3 Å². The molecule has 148 valence electrons. The Hall–Kier alpha value is -3.26. The summed E-state index contributed by atoms with van der Waals surface area (Å²) in [5.74, 6) is -1.15. The molecule has 1 amide bonds. The number of non-ortho nitro benzene ring substituents is 1. The fourth-order valence-electron chi connectivity index (χ4n) is 2.30. The van der Waals surface area contributed by atoms with Crippen LogP contribution in [0.15, 0.2) is 42.5 Å². The van der Waals surface area contributed by atoms with Crippen LogP contribution >= 0.6 is 0 Å². The zero-order chi connectivity index (χ0) is 20.7. The van der Waals surface area contributed by atoms with Crippen molar-refractivity contribution < 1.29 is 24.0 Å². The van der Waals surface area contributed by atoms with Gasteiger partial charge in [-0.15, -0.1) is 0 Å². The van der Waals surface area contributed by atoms with Gasteiger partial charge in [-0.2, -0.15) is 0 Å². The average molecular weight is 386 g/mol. The molecule has 0 aromatic heterocycles. The van der Waals surface area contributed by atoms with E-state index >= 15 is 0 Å². The van der Waals surface area contributed by atoms with Gasteiger partial charge >= 0.3 is 5.97 Å². The van der Waals surface area contributed by atoms with Crippen LogP contribution in [0.3, 0.4) is 0 Å². The first-order valence-corrected chi connectivity index (χ1v) is 8.69. The predicted octanol–water partition coefficient (Wildman–Crippen LogP) is 3.62. The largest absolute Gasteiger partial charge is 0.452 e. The highest BCUT2D eigenvalue weighted by Crippen LogP contribution is 2.21. The molecule has 0 bridgehead atoms. The molecule has 0 saturated carbocycles. The van der Waals surface area contributed by atoms with Gasteiger partial charge in [0.25, 0.3) is 11.6 Å². The van der Waals surface area contributed by atoms with Crippen LogP contribution in [-0.4, -0.2) is 29.5 Å². The van der Waals surface area contributed by atoms with Crippen molar-refractivity contribution in [2.45, 2.75) is 33.5 Å². The minimum absolute atomic E-state index is 0.0656. The molecular weight excluding hydrogens is 364 g/mol. The summed E-state index contributed by atoms with van der Waals surface area (Å²) in [5.41, 5.74) is 2.14. The molecular formula is C20H22N2O6. The maximum Gasteiger partial charge on any atom is 0.338 e. The monoisotopic (exact) mass is 386 g/mol. The number of nitrogens with zero attached hydrogens (tertiary/aromatic N) is 1. The number of anilines is 1. The van der Waals surface area contributed by atoms with E-state index in [1.54, 1.807) is 31.2 Å². The second kappa shape index (κ2) is 9.61. The fraction of sp³-hybridized carbons (Fsp3) is 0.300. The molecule has 2 aromatic rings. The number of benzene rings is 2. The summed E-state index contributed by atoms with van der Waals surface area (Å²) in [4.78, 5) is 34.3. The summed E-state index contributed by atoms with van der Waals surface area (Å²) < 4.78 is 10.5. The maximum absolute atomic E-state index is 12.1. The summed E-state index contributed by atoms with van der Waals surface area (Å²) in [6, 6.07) is 10.8. The van der Waals surface area contributed by atoms with E-state index in [1.807, 2.05) is 13.8 Å². The van der Waals surface area contributed by atoms with Gasteiger partial charge in [-0.3, -0.25) is 14.9 Å². The van der Waals surface area contributed by atoms with Gasteiger partial charge in [0.05, 0.1) is 23.2 Å². The van der Waals surface area contributed by atoms with E-state index in [2.05, 4.69) is 5.32 Å². The average Bonchev–Trinajstić information content (AvgIpc) is 2.66. The minimum atomic E-state index is -0.619. The lowest BCUT2D eigenvalue weighted by Gasteiger charge is -2.10. The first-order valence-electron chi connectivity index (χ1n) is 8.69. The lowest BCUT2D eigenvalue weighted by Crippen LogP contribution is -2.21. The highest BCUT2D eigenvalue weighted by molar-refractivity contribution is 5.96. The van der Waals surface area contributed by atoms with E-state index in [9.17, 15) is 19.7 Å². The normalized spacial score (nSPS) is 10.6. The fourth-order valence-corrected chi connectivity index (χ4v) is 2.30. The van der Waals surface area contributed by atoms with Gasteiger partial charge in [0.15, 0.2) is 6.61 Å². The summed E-state index contributed by atoms with van der Waals surface area (Å²) >= 11 is 0. The molecule has 0 fully saturated rings. The molecule has 0 aliphatic heterocycles. The Bertz CT molecular complexity index is 861. The molecule has 1 N–H and O–H groups in total. The van der Waals surface area contributed by atoms with Crippen LogP contribution in [-0.2, 0) is 20.9 Å². The number of hydrogen-bond acceptors (Lipinski definition) is 6. The first-order chi connectivity index (χ1) is 13.3. The van der Waals surface area contributed by atoms with Crippen LogP contribution in [0.1, 0.15) is 35.3 Å². The third-order valence-electron chi connectivity index (χ3n) is 3.80. The van der Waals surface area contributed by atoms with Gasteiger partial charge in [-0.05, 0) is 50.1 Å². The Morgan fingerprint density at radius 3 is 2.39 bits per heavy atom. The number of nitro groups is 1. The Kier molecular flexibility index (Phi) is 7.22. The highest BCUT2D eigenvalue weighted by atomic mass is 16.6. The number of rotatable bonds is 8. The standard InChI is InChI=1S/C20H22N2O6/c1-13(2)27-11-15-4-6-16(7-5-15)20(24)28-12-19(23)21-18-9-8-17(22(25)26)10-14(18)3/h4-10,13H,11-12H2,1-3H3,(H,21,23). The molecule has 0 atom stereocenters. The second-order valence-corrected chi connectivity index (χ2v) is 6.44. The van der Waals surface area contributed by atoms with Crippen molar-refractivity contribution in [3.8, 4) is 0 Å². The van der Waals surface area contributed by atoms with Gasteiger partial charge in [0.1, 0.15) is 0 Å². The number of carbonyl (C=O) groups excluding carboxylic acids is 2. The van der Waals surface area contributed by atoms with Gasteiger partial charge < -0.3 is 14.8 Å². The number of carbonyl (C=O) groups is 2. The zero-order valence-electron chi connectivity index (χ0n) is 15.9. The molecule has 2 aromatic carbocycles. The molecule has 0 saturated heterocycles. The molecule has 8 heteroatoms. The van der Waals surface area contributed by atoms with Gasteiger partial charge in [-0.1, -0.05) is 12.1 Å². The number of ether oxygens (including phenoxy) is 2. The molecule has 0 spiro atoms. The predicted molar refractivity (Wildman–Crippen MR) is 103 cm³/mol. The molecule has 0 heterocycles. The third kappa shape index (κ3) is 6.17. The summed E-state index contributed by atoms with van der Waals surface area (Å²) in [6.45, 7) is 5.50. The van der Waals surface area contributed by atoms with E-state index in [1.165, 1.54) is 18.2 Å². The number of esters is 1. The number of nitrogens with one attached hydrogen (secondary N) is 1. The van der Waals surface area contributed by atoms with E-state index in [-0.39, 0.29) is 11.8 Å². The molecule has 0 aliphatic carbocycles. The Balaban J connectivity index is 1.87. The van der Waals surface area contributed by atoms with Crippen molar-refractivity contribution in [3.05, 3.63) is 69.3 Å². The third-order valence-corrected chi connectivity index (χ3v) is 3.80. The van der Waals surface area contributed by atoms with Gasteiger partial charge in [-0.25, -0.2) is 4.79 Å². The number of hydrogen-bond donors (Lipinski definition) is 1. The molecule has 0 unspecified atom stereocenters. The topological polar surface area (TPSA) is 108 Å². The van der Waals surface area contributed by atoms with Crippen molar-refractivity contribution in [3.63, 3.8) is 0 Å². The van der Waals surface area contributed by atoms with Crippen molar-refractivity contribution in [2.75, 3.05) is 11.9 Å². The summed E-state index contributed by atoms with van der Waals surface area (Å²) in [7, 11) is 0. The van der Waals surface area contributed by atoms with Crippen LogP contribution in [0.2, 0.25) is 0 Å². The SMILES string of the molecule is Cc1cc([N+](=O)[O-])ccc1NC(=O)COC(=O)c1ccc(COC(C)C)cc1. The minimum Gasteiger partial charge on any atom is -0.452 e. The maximum atomic E-state index is 12.1. The second-order valence-electron chi connectivity index (χ2n) is 6.44. The molecule has 0 radical (unpaired) electrons. The summed E-state index contributed by atoms with van der Waals surface area (Å²) in [5, 5.41) is 13.3. The lowest BCUT2D eigenvalue weighted by molar-refractivity contribution is -0.384. The molecule has 8 nitrogen and oxygen atoms in total. The van der Waals surface area contributed by atoms with Crippen molar-refractivity contribution in [1.29, 1.82) is 0 Å². The van der Waals surface area contributed by atoms with Crippen LogP contribution in [0.5, 0.6) is 0 Å². The van der Waals surface area contributed by atoms with E-state index in [4.69, 9.17) is 9.47 Å². The highest BCUT2D eigenvalue weighted by Gasteiger charge is 2.13. The van der Waals surface area contributed by atoms with E-state index in [0.717, 1.165) is 5.56 Å². The lowest BCUT2D eigenvalue weighted by atomic mass is 10.1. The smallest absolute Gasteiger partial charge is 0.338 e. The Labute approximate surface area is 162 Å². The van der Waals surface area contributed by atoms with E-state index < -0.39 is 23.4 Å².